The summed E-state index contributed by atoms with van der Waals surface area (Å²) in [4.78, 5) is 23.6. The molecule has 0 aliphatic heterocycles. The average Bonchev–Trinajstić information content (AvgIpc) is 2.60. The van der Waals surface area contributed by atoms with E-state index in [9.17, 15) is 9.59 Å². The van der Waals surface area contributed by atoms with E-state index in [4.69, 9.17) is 9.47 Å². The number of thiol groups is 1. The monoisotopic (exact) mass is 427 g/mol. The van der Waals surface area contributed by atoms with Crippen LogP contribution in [0.3, 0.4) is 0 Å². The largest absolute Gasteiger partial charge is 0.369 e. The van der Waals surface area contributed by atoms with Crippen molar-refractivity contribution in [2.45, 2.75) is 32.1 Å². The van der Waals surface area contributed by atoms with E-state index in [0.717, 1.165) is 11.4 Å². The standard InChI is InChI=1S/C21H37N3O4S/c1-21(2,3)23-10-9-22-19(25)14-27-11-12-28-15-20(26)24-18-8-6-7-17(13-18)16-29(4)5/h6-8,13,23,29H,9-12,14-16H2,1-5H3,(H,22,25)(H,24,26). The van der Waals surface area contributed by atoms with Crippen molar-refractivity contribution in [1.82, 2.24) is 10.6 Å². The Kier molecular flexibility index (Phi) is 11.9. The number of ether oxygens (including phenoxy) is 2. The maximum Gasteiger partial charge on any atom is 0.250 e. The summed E-state index contributed by atoms with van der Waals surface area (Å²) < 4.78 is 10.6. The molecule has 0 unspecified atom stereocenters. The van der Waals surface area contributed by atoms with E-state index >= 15 is 0 Å². The molecular weight excluding hydrogens is 390 g/mol. The van der Waals surface area contributed by atoms with Crippen LogP contribution in [-0.4, -0.2) is 69.4 Å². The van der Waals surface area contributed by atoms with Crippen LogP contribution >= 0.6 is 10.9 Å². The summed E-state index contributed by atoms with van der Waals surface area (Å²) >= 11 is 0. The Bertz CT molecular complexity index is 633. The van der Waals surface area contributed by atoms with Crippen LogP contribution in [0.5, 0.6) is 0 Å². The van der Waals surface area contributed by atoms with Gasteiger partial charge in [0.15, 0.2) is 0 Å². The fraction of sp³-hybridized carbons (Fsp3) is 0.619. The quantitative estimate of drug-likeness (QED) is 0.285. The molecule has 0 aliphatic rings. The first-order valence-corrected chi connectivity index (χ1v) is 12.3. The predicted octanol–water partition coefficient (Wildman–Crippen LogP) is 1.92. The first kappa shape index (κ1) is 25.4. The second-order valence-electron chi connectivity index (χ2n) is 8.12. The highest BCUT2D eigenvalue weighted by molar-refractivity contribution is 8.15. The van der Waals surface area contributed by atoms with Crippen LogP contribution in [-0.2, 0) is 24.8 Å². The molecule has 29 heavy (non-hydrogen) atoms. The number of carbonyl (C=O) groups excluding carboxylic acids is 2. The average molecular weight is 428 g/mol. The zero-order valence-electron chi connectivity index (χ0n) is 18.3. The smallest absolute Gasteiger partial charge is 0.250 e. The Morgan fingerprint density at radius 2 is 1.66 bits per heavy atom. The summed E-state index contributed by atoms with van der Waals surface area (Å²) in [6, 6.07) is 7.89. The third kappa shape index (κ3) is 14.1. The van der Waals surface area contributed by atoms with Crippen LogP contribution in [0, 0.1) is 0 Å². The Morgan fingerprint density at radius 3 is 2.28 bits per heavy atom. The van der Waals surface area contributed by atoms with Gasteiger partial charge in [-0.05, 0) is 56.7 Å². The van der Waals surface area contributed by atoms with Gasteiger partial charge in [0.05, 0.1) is 13.2 Å². The second kappa shape index (κ2) is 13.6. The molecule has 1 rings (SSSR count). The highest BCUT2D eigenvalue weighted by Gasteiger charge is 2.08. The number of hydrogen-bond donors (Lipinski definition) is 4. The zero-order valence-corrected chi connectivity index (χ0v) is 19.2. The lowest BCUT2D eigenvalue weighted by Gasteiger charge is -2.20. The van der Waals surface area contributed by atoms with Crippen molar-refractivity contribution in [2.24, 2.45) is 0 Å². The number of rotatable bonds is 13. The van der Waals surface area contributed by atoms with Crippen LogP contribution in [0.15, 0.2) is 24.3 Å². The van der Waals surface area contributed by atoms with E-state index in [2.05, 4.69) is 55.3 Å². The molecule has 2 amide bonds. The van der Waals surface area contributed by atoms with Gasteiger partial charge in [-0.1, -0.05) is 12.1 Å². The Hall–Kier alpha value is -1.61. The Labute approximate surface area is 177 Å². The fourth-order valence-corrected chi connectivity index (χ4v) is 3.37. The van der Waals surface area contributed by atoms with Crippen molar-refractivity contribution < 1.29 is 19.1 Å². The lowest BCUT2D eigenvalue weighted by atomic mass is 10.1. The van der Waals surface area contributed by atoms with Crippen LogP contribution in [0.25, 0.3) is 0 Å². The van der Waals surface area contributed by atoms with E-state index in [1.54, 1.807) is 0 Å². The van der Waals surface area contributed by atoms with Crippen molar-refractivity contribution in [2.75, 3.05) is 57.3 Å². The van der Waals surface area contributed by atoms with Gasteiger partial charge < -0.3 is 25.4 Å². The Balaban J connectivity index is 2.08. The minimum Gasteiger partial charge on any atom is -0.369 e. The van der Waals surface area contributed by atoms with Gasteiger partial charge in [-0.2, -0.15) is 0 Å². The van der Waals surface area contributed by atoms with Crippen LogP contribution in [0.1, 0.15) is 26.3 Å². The second-order valence-corrected chi connectivity index (χ2v) is 10.6. The molecule has 166 valence electrons. The summed E-state index contributed by atoms with van der Waals surface area (Å²) in [6.45, 7) is 7.91. The highest BCUT2D eigenvalue weighted by Crippen LogP contribution is 2.23. The first-order chi connectivity index (χ1) is 13.7. The molecular formula is C21H37N3O4S. The topological polar surface area (TPSA) is 88.7 Å². The number of benzene rings is 1. The fourth-order valence-electron chi connectivity index (χ4n) is 2.45. The van der Waals surface area contributed by atoms with Crippen LogP contribution < -0.4 is 16.0 Å². The molecule has 0 bridgehead atoms. The van der Waals surface area contributed by atoms with Gasteiger partial charge in [0, 0.05) is 24.3 Å². The zero-order chi connectivity index (χ0) is 21.7. The van der Waals surface area contributed by atoms with Gasteiger partial charge >= 0.3 is 0 Å². The first-order valence-electron chi connectivity index (χ1n) is 9.86. The molecule has 0 radical (unpaired) electrons. The maximum absolute atomic E-state index is 12.0. The van der Waals surface area contributed by atoms with Gasteiger partial charge in [-0.15, -0.1) is 0 Å². The third-order valence-corrected chi connectivity index (χ3v) is 4.65. The van der Waals surface area contributed by atoms with Gasteiger partial charge in [0.1, 0.15) is 13.2 Å². The summed E-state index contributed by atoms with van der Waals surface area (Å²) in [5, 5.41) is 8.90. The van der Waals surface area contributed by atoms with Crippen molar-refractivity contribution in [3.05, 3.63) is 29.8 Å². The number of nitrogens with one attached hydrogen (secondary N) is 3. The molecule has 3 N–H and O–H groups in total. The highest BCUT2D eigenvalue weighted by atomic mass is 32.2. The molecule has 0 aromatic heterocycles. The molecule has 0 saturated heterocycles. The third-order valence-electron chi connectivity index (χ3n) is 3.65. The molecule has 0 atom stereocenters. The van der Waals surface area contributed by atoms with Crippen molar-refractivity contribution in [3.63, 3.8) is 0 Å². The van der Waals surface area contributed by atoms with Crippen molar-refractivity contribution in [3.8, 4) is 0 Å². The van der Waals surface area contributed by atoms with E-state index in [1.165, 1.54) is 5.56 Å². The lowest BCUT2D eigenvalue weighted by Crippen LogP contribution is -2.42. The van der Waals surface area contributed by atoms with Crippen molar-refractivity contribution >= 4 is 28.4 Å². The molecule has 1 aromatic carbocycles. The van der Waals surface area contributed by atoms with E-state index in [0.29, 0.717) is 13.1 Å². The Morgan fingerprint density at radius 1 is 1.00 bits per heavy atom. The lowest BCUT2D eigenvalue weighted by molar-refractivity contribution is -0.127. The minimum atomic E-state index is -0.207. The molecule has 7 nitrogen and oxygen atoms in total. The van der Waals surface area contributed by atoms with Crippen molar-refractivity contribution in [1.29, 1.82) is 0 Å². The van der Waals surface area contributed by atoms with Crippen LogP contribution in [0.2, 0.25) is 0 Å². The van der Waals surface area contributed by atoms with Gasteiger partial charge in [0.2, 0.25) is 11.8 Å². The summed E-state index contributed by atoms with van der Waals surface area (Å²) in [6.07, 6.45) is 4.45. The molecule has 8 heteroatoms. The van der Waals surface area contributed by atoms with Crippen LogP contribution in [0.4, 0.5) is 5.69 Å². The molecule has 0 heterocycles. The molecule has 1 aromatic rings. The normalized spacial score (nSPS) is 11.8. The van der Waals surface area contributed by atoms with Gasteiger partial charge in [0.25, 0.3) is 0 Å². The van der Waals surface area contributed by atoms with Gasteiger partial charge in [-0.25, -0.2) is 0 Å². The van der Waals surface area contributed by atoms with E-state index < -0.39 is 0 Å². The maximum atomic E-state index is 12.0. The molecule has 0 saturated carbocycles. The minimum absolute atomic E-state index is 0.0186. The summed E-state index contributed by atoms with van der Waals surface area (Å²) in [5.41, 5.74) is 2.03. The summed E-state index contributed by atoms with van der Waals surface area (Å²) in [5.74, 6) is 0.663. The number of carbonyl (C=O) groups is 2. The van der Waals surface area contributed by atoms with E-state index in [-0.39, 0.29) is 54.7 Å². The summed E-state index contributed by atoms with van der Waals surface area (Å²) in [7, 11) is -0.0221. The predicted molar refractivity (Wildman–Crippen MR) is 122 cm³/mol. The molecule has 0 spiro atoms. The number of hydrogen-bond acceptors (Lipinski definition) is 5. The SMILES string of the molecule is C[SH](C)Cc1cccc(NC(=O)COCCOCC(=O)NCCNC(C)(C)C)c1. The molecule has 0 fully saturated rings. The number of amides is 2. The number of anilines is 1. The van der Waals surface area contributed by atoms with Gasteiger partial charge in [-0.3, -0.25) is 20.5 Å². The molecule has 0 aliphatic carbocycles. The van der Waals surface area contributed by atoms with E-state index in [1.807, 2.05) is 18.2 Å².